The van der Waals surface area contributed by atoms with E-state index in [1.807, 2.05) is 26.8 Å². The van der Waals surface area contributed by atoms with Gasteiger partial charge in [-0.3, -0.25) is 0 Å². The molecule has 2 aromatic heterocycles. The molecule has 0 spiro atoms. The molecule has 29 heavy (non-hydrogen) atoms. The highest BCUT2D eigenvalue weighted by atomic mass is 19.1. The summed E-state index contributed by atoms with van der Waals surface area (Å²) in [6.07, 6.45) is 1.70. The zero-order chi connectivity index (χ0) is 20.6. The molecule has 0 radical (unpaired) electrons. The minimum atomic E-state index is -0.309. The summed E-state index contributed by atoms with van der Waals surface area (Å²) in [6.45, 7) is 7.43. The zero-order valence-corrected chi connectivity index (χ0v) is 16.7. The van der Waals surface area contributed by atoms with E-state index in [0.717, 1.165) is 23.6 Å². The van der Waals surface area contributed by atoms with Gasteiger partial charge in [-0.15, -0.1) is 0 Å². The molecule has 2 N–H and O–H groups in total. The summed E-state index contributed by atoms with van der Waals surface area (Å²) in [4.78, 5) is 13.2. The monoisotopic (exact) mass is 397 g/mol. The smallest absolute Gasteiger partial charge is 0.219 e. The minimum Gasteiger partial charge on any atom is -0.444 e. The average molecular weight is 397 g/mol. The number of aliphatic imine (C=N–C) groups is 1. The quantitative estimate of drug-likeness (QED) is 0.465. The van der Waals surface area contributed by atoms with Crippen molar-refractivity contribution in [1.29, 1.82) is 0 Å². The number of hydrogen-bond acceptors (Lipinski definition) is 5. The third-order valence-electron chi connectivity index (χ3n) is 4.08. The molecule has 0 saturated heterocycles. The van der Waals surface area contributed by atoms with Crippen molar-refractivity contribution >= 4 is 5.96 Å². The van der Waals surface area contributed by atoms with E-state index < -0.39 is 0 Å². The van der Waals surface area contributed by atoms with Crippen molar-refractivity contribution in [2.24, 2.45) is 4.99 Å². The van der Waals surface area contributed by atoms with Crippen LogP contribution in [-0.4, -0.2) is 22.5 Å². The van der Waals surface area contributed by atoms with E-state index in [9.17, 15) is 4.39 Å². The van der Waals surface area contributed by atoms with Crippen LogP contribution in [0.5, 0.6) is 11.6 Å². The lowest BCUT2D eigenvalue weighted by molar-refractivity contribution is 0.460. The van der Waals surface area contributed by atoms with Crippen molar-refractivity contribution < 1.29 is 13.5 Å². The molecular weight excluding hydrogens is 373 g/mol. The van der Waals surface area contributed by atoms with Gasteiger partial charge in [-0.1, -0.05) is 6.07 Å². The van der Waals surface area contributed by atoms with E-state index in [1.165, 1.54) is 12.1 Å². The molecule has 2 heterocycles. The van der Waals surface area contributed by atoms with E-state index in [2.05, 4.69) is 25.6 Å². The first-order valence-electron chi connectivity index (χ1n) is 9.37. The van der Waals surface area contributed by atoms with Crippen LogP contribution in [-0.2, 0) is 13.1 Å². The lowest BCUT2D eigenvalue weighted by Gasteiger charge is -2.10. The fraction of sp³-hybridized carbons (Fsp3) is 0.286. The molecule has 1 aromatic carbocycles. The number of benzene rings is 1. The number of rotatable bonds is 7. The Hall–Kier alpha value is -3.42. The van der Waals surface area contributed by atoms with Crippen LogP contribution in [0.2, 0.25) is 0 Å². The van der Waals surface area contributed by atoms with Crippen LogP contribution in [0.4, 0.5) is 4.39 Å². The van der Waals surface area contributed by atoms with E-state index in [4.69, 9.17) is 9.15 Å². The molecule has 0 fully saturated rings. The maximum Gasteiger partial charge on any atom is 0.219 e. The predicted octanol–water partition coefficient (Wildman–Crippen LogP) is 3.87. The van der Waals surface area contributed by atoms with Gasteiger partial charge in [0.05, 0.1) is 18.8 Å². The fourth-order valence-electron chi connectivity index (χ4n) is 2.47. The van der Waals surface area contributed by atoms with Crippen molar-refractivity contribution in [1.82, 2.24) is 20.6 Å². The van der Waals surface area contributed by atoms with Crippen LogP contribution in [0, 0.1) is 19.7 Å². The first kappa shape index (κ1) is 20.3. The standard InChI is InChI=1S/C21H24FN5O2/c1-4-23-21(26-13-20-27-14(2)15(3)28-20)25-12-16-5-10-19(24-11-16)29-18-8-6-17(22)7-9-18/h5-11H,4,12-13H2,1-3H3,(H2,23,25,26). The second-order valence-corrected chi connectivity index (χ2v) is 6.36. The molecule has 0 saturated carbocycles. The maximum absolute atomic E-state index is 13.0. The predicted molar refractivity (Wildman–Crippen MR) is 108 cm³/mol. The molecule has 0 amide bonds. The molecule has 0 bridgehead atoms. The van der Waals surface area contributed by atoms with Crippen molar-refractivity contribution in [3.8, 4) is 11.6 Å². The average Bonchev–Trinajstić information content (AvgIpc) is 3.04. The summed E-state index contributed by atoms with van der Waals surface area (Å²) in [5.41, 5.74) is 1.81. The highest BCUT2D eigenvalue weighted by Gasteiger charge is 2.06. The van der Waals surface area contributed by atoms with Crippen LogP contribution < -0.4 is 15.4 Å². The van der Waals surface area contributed by atoms with Gasteiger partial charge in [0.1, 0.15) is 17.3 Å². The van der Waals surface area contributed by atoms with Crippen LogP contribution in [0.15, 0.2) is 52.0 Å². The minimum absolute atomic E-state index is 0.309. The van der Waals surface area contributed by atoms with E-state index >= 15 is 0 Å². The normalized spacial score (nSPS) is 11.4. The highest BCUT2D eigenvalue weighted by molar-refractivity contribution is 5.79. The first-order chi connectivity index (χ1) is 14.0. The van der Waals surface area contributed by atoms with Crippen molar-refractivity contribution in [2.75, 3.05) is 6.54 Å². The SMILES string of the molecule is CCNC(=NCc1ccc(Oc2ccc(F)cc2)nc1)NCc1nc(C)c(C)o1. The summed E-state index contributed by atoms with van der Waals surface area (Å²) in [5.74, 6) is 2.75. The Balaban J connectivity index is 1.57. The summed E-state index contributed by atoms with van der Waals surface area (Å²) >= 11 is 0. The lowest BCUT2D eigenvalue weighted by Crippen LogP contribution is -2.36. The Labute approximate surface area is 169 Å². The van der Waals surface area contributed by atoms with Crippen LogP contribution in [0.3, 0.4) is 0 Å². The highest BCUT2D eigenvalue weighted by Crippen LogP contribution is 2.19. The maximum atomic E-state index is 13.0. The molecule has 7 nitrogen and oxygen atoms in total. The second kappa shape index (κ2) is 9.68. The van der Waals surface area contributed by atoms with Gasteiger partial charge in [-0.25, -0.2) is 19.4 Å². The number of nitrogens with zero attached hydrogens (tertiary/aromatic N) is 3. The molecule has 0 atom stereocenters. The van der Waals surface area contributed by atoms with Gasteiger partial charge in [0.2, 0.25) is 11.8 Å². The van der Waals surface area contributed by atoms with Crippen LogP contribution >= 0.6 is 0 Å². The molecule has 3 aromatic rings. The van der Waals surface area contributed by atoms with Crippen molar-refractivity contribution in [2.45, 2.75) is 33.9 Å². The number of guanidine groups is 1. The Morgan fingerprint density at radius 3 is 2.55 bits per heavy atom. The first-order valence-corrected chi connectivity index (χ1v) is 9.37. The number of halogens is 1. The summed E-state index contributed by atoms with van der Waals surface area (Å²) in [5, 5.41) is 6.39. The molecule has 8 heteroatoms. The Morgan fingerprint density at radius 1 is 1.14 bits per heavy atom. The van der Waals surface area contributed by atoms with Gasteiger partial charge in [0, 0.05) is 18.8 Å². The number of oxazole rings is 1. The fourth-order valence-corrected chi connectivity index (χ4v) is 2.47. The van der Waals surface area contributed by atoms with Crippen LogP contribution in [0.25, 0.3) is 0 Å². The number of ether oxygens (including phenoxy) is 1. The van der Waals surface area contributed by atoms with Gasteiger partial charge < -0.3 is 19.8 Å². The summed E-state index contributed by atoms with van der Waals surface area (Å²) < 4.78 is 24.1. The molecule has 0 aliphatic carbocycles. The third kappa shape index (κ3) is 6.03. The molecule has 152 valence electrons. The molecule has 3 rings (SSSR count). The zero-order valence-electron chi connectivity index (χ0n) is 16.7. The summed E-state index contributed by atoms with van der Waals surface area (Å²) in [7, 11) is 0. The number of aryl methyl sites for hydroxylation is 2. The second-order valence-electron chi connectivity index (χ2n) is 6.36. The van der Waals surface area contributed by atoms with Crippen LogP contribution in [0.1, 0.15) is 29.8 Å². The molecule has 0 unspecified atom stereocenters. The van der Waals surface area contributed by atoms with E-state index in [0.29, 0.717) is 36.6 Å². The van der Waals surface area contributed by atoms with E-state index in [-0.39, 0.29) is 5.82 Å². The molecular formula is C21H24FN5O2. The van der Waals surface area contributed by atoms with Crippen molar-refractivity contribution in [3.63, 3.8) is 0 Å². The number of nitrogens with one attached hydrogen (secondary N) is 2. The number of aromatic nitrogens is 2. The molecule has 0 aliphatic rings. The summed E-state index contributed by atoms with van der Waals surface area (Å²) in [6, 6.07) is 9.44. The Bertz CT molecular complexity index is 933. The van der Waals surface area contributed by atoms with Gasteiger partial charge in [-0.2, -0.15) is 0 Å². The van der Waals surface area contributed by atoms with Crippen molar-refractivity contribution in [3.05, 3.63) is 71.3 Å². The number of pyridine rings is 1. The topological polar surface area (TPSA) is 84.6 Å². The lowest BCUT2D eigenvalue weighted by atomic mass is 10.3. The number of hydrogen-bond donors (Lipinski definition) is 2. The molecule has 0 aliphatic heterocycles. The Morgan fingerprint density at radius 2 is 1.93 bits per heavy atom. The van der Waals surface area contributed by atoms with Gasteiger partial charge in [0.15, 0.2) is 5.96 Å². The Kier molecular flexibility index (Phi) is 6.78. The largest absolute Gasteiger partial charge is 0.444 e. The van der Waals surface area contributed by atoms with Gasteiger partial charge in [0.25, 0.3) is 0 Å². The van der Waals surface area contributed by atoms with E-state index in [1.54, 1.807) is 24.4 Å². The van der Waals surface area contributed by atoms with Gasteiger partial charge >= 0.3 is 0 Å². The third-order valence-corrected chi connectivity index (χ3v) is 4.08. The van der Waals surface area contributed by atoms with Gasteiger partial charge in [-0.05, 0) is 50.6 Å².